The summed E-state index contributed by atoms with van der Waals surface area (Å²) in [5, 5.41) is -5.75. The van der Waals surface area contributed by atoms with Gasteiger partial charge in [-0.25, -0.2) is 4.79 Å². The predicted molar refractivity (Wildman–Crippen MR) is 72.3 cm³/mol. The fraction of sp³-hybridized carbons (Fsp3) is 0.462. The lowest BCUT2D eigenvalue weighted by Crippen LogP contribution is -2.52. The number of carbonyl (C=O) groups excluding carboxylic acids is 1. The Morgan fingerprint density at radius 2 is 1.54 bits per heavy atom. The van der Waals surface area contributed by atoms with Gasteiger partial charge in [-0.1, -0.05) is 26.0 Å². The monoisotopic (exact) mass is 376 g/mol. The standard InChI is InChI=1S/C13H13F5O5S/c1-7(2)8-3-5-9(6-4-8)10(19)23-11(12(14,15)16)13(17,18)24(20,21)22/h3-7,11H,1-2H3,(H,20,21,22). The lowest BCUT2D eigenvalue weighted by molar-refractivity contribution is -0.248. The normalized spacial score (nSPS) is 14.5. The SMILES string of the molecule is CC(C)c1ccc(C(=O)OC(C(F)(F)F)C(F)(F)S(=O)(=O)O)cc1. The molecule has 0 heterocycles. The fourth-order valence-corrected chi connectivity index (χ4v) is 2.09. The van der Waals surface area contributed by atoms with Crippen molar-refractivity contribution in [3.63, 3.8) is 0 Å². The Balaban J connectivity index is 3.14. The number of ether oxygens (including phenoxy) is 1. The highest BCUT2D eigenvalue weighted by Gasteiger charge is 2.66. The van der Waals surface area contributed by atoms with Crippen molar-refractivity contribution in [3.8, 4) is 0 Å². The van der Waals surface area contributed by atoms with E-state index in [0.717, 1.165) is 17.7 Å². The van der Waals surface area contributed by atoms with Crippen LogP contribution < -0.4 is 0 Å². The maximum absolute atomic E-state index is 13.3. The van der Waals surface area contributed by atoms with E-state index < -0.39 is 39.2 Å². The second-order valence-electron chi connectivity index (χ2n) is 5.14. The predicted octanol–water partition coefficient (Wildman–Crippen LogP) is 3.38. The maximum Gasteiger partial charge on any atom is 0.432 e. The number of esters is 1. The summed E-state index contributed by atoms with van der Waals surface area (Å²) in [5.74, 6) is -1.77. The van der Waals surface area contributed by atoms with Gasteiger partial charge in [0.25, 0.3) is 6.10 Å². The van der Waals surface area contributed by atoms with E-state index in [1.807, 2.05) is 0 Å². The van der Waals surface area contributed by atoms with E-state index in [1.165, 1.54) is 12.1 Å². The van der Waals surface area contributed by atoms with Crippen molar-refractivity contribution in [3.05, 3.63) is 35.4 Å². The number of hydrogen-bond donors (Lipinski definition) is 1. The van der Waals surface area contributed by atoms with Crippen LogP contribution in [0.5, 0.6) is 0 Å². The van der Waals surface area contributed by atoms with Crippen molar-refractivity contribution in [2.75, 3.05) is 0 Å². The summed E-state index contributed by atoms with van der Waals surface area (Å²) in [4.78, 5) is 11.6. The molecule has 0 saturated carbocycles. The van der Waals surface area contributed by atoms with E-state index >= 15 is 0 Å². The summed E-state index contributed by atoms with van der Waals surface area (Å²) < 4.78 is 97.5. The molecule has 11 heteroatoms. The number of rotatable bonds is 5. The average Bonchev–Trinajstić information content (AvgIpc) is 2.41. The fourth-order valence-electron chi connectivity index (χ4n) is 1.64. The Bertz CT molecular complexity index is 694. The molecular weight excluding hydrogens is 363 g/mol. The molecule has 1 unspecified atom stereocenters. The average molecular weight is 376 g/mol. The molecule has 0 aromatic heterocycles. The zero-order valence-electron chi connectivity index (χ0n) is 12.3. The first-order chi connectivity index (χ1) is 10.7. The Hall–Kier alpha value is -1.75. The van der Waals surface area contributed by atoms with Crippen LogP contribution in [0, 0.1) is 0 Å². The number of hydrogen-bond acceptors (Lipinski definition) is 4. The summed E-state index contributed by atoms with van der Waals surface area (Å²) in [5.41, 5.74) is 0.238. The van der Waals surface area contributed by atoms with Crippen molar-refractivity contribution < 1.29 is 44.5 Å². The highest BCUT2D eigenvalue weighted by molar-refractivity contribution is 7.86. The van der Waals surface area contributed by atoms with Crippen LogP contribution >= 0.6 is 0 Å². The van der Waals surface area contributed by atoms with Gasteiger partial charge in [-0.05, 0) is 23.6 Å². The molecule has 1 rings (SSSR count). The van der Waals surface area contributed by atoms with Crippen LogP contribution in [0.1, 0.15) is 35.7 Å². The highest BCUT2D eigenvalue weighted by Crippen LogP contribution is 2.38. The smallest absolute Gasteiger partial charge is 0.432 e. The third-order valence-corrected chi connectivity index (χ3v) is 3.89. The minimum absolute atomic E-state index is 0.0434. The van der Waals surface area contributed by atoms with Gasteiger partial charge in [0.05, 0.1) is 5.56 Å². The molecule has 0 aliphatic rings. The van der Waals surface area contributed by atoms with Crippen molar-refractivity contribution >= 4 is 16.1 Å². The summed E-state index contributed by atoms with van der Waals surface area (Å²) in [6.07, 6.45) is -10.3. The van der Waals surface area contributed by atoms with Crippen LogP contribution in [0.4, 0.5) is 22.0 Å². The maximum atomic E-state index is 13.3. The molecule has 0 fully saturated rings. The van der Waals surface area contributed by atoms with Gasteiger partial charge in [-0.15, -0.1) is 0 Å². The Morgan fingerprint density at radius 1 is 1.08 bits per heavy atom. The van der Waals surface area contributed by atoms with Crippen LogP contribution in [0.3, 0.4) is 0 Å². The molecule has 5 nitrogen and oxygen atoms in total. The van der Waals surface area contributed by atoms with Gasteiger partial charge in [0.15, 0.2) is 0 Å². The molecular formula is C13H13F5O5S. The molecule has 0 radical (unpaired) electrons. The van der Waals surface area contributed by atoms with Gasteiger partial charge in [0, 0.05) is 0 Å². The van der Waals surface area contributed by atoms with Gasteiger partial charge >= 0.3 is 27.5 Å². The first kappa shape index (κ1) is 20.3. The van der Waals surface area contributed by atoms with Crippen LogP contribution in [-0.2, 0) is 14.9 Å². The minimum atomic E-state index is -6.46. The third kappa shape index (κ3) is 4.41. The summed E-state index contributed by atoms with van der Waals surface area (Å²) in [6.45, 7) is 3.61. The molecule has 1 atom stereocenters. The zero-order chi connectivity index (χ0) is 18.9. The number of carbonyl (C=O) groups is 1. The largest absolute Gasteiger partial charge is 0.441 e. The molecule has 0 amide bonds. The molecule has 1 aromatic rings. The van der Waals surface area contributed by atoms with E-state index in [4.69, 9.17) is 4.55 Å². The van der Waals surface area contributed by atoms with Crippen molar-refractivity contribution in [1.29, 1.82) is 0 Å². The van der Waals surface area contributed by atoms with E-state index in [9.17, 15) is 35.2 Å². The van der Waals surface area contributed by atoms with Crippen LogP contribution in [0.2, 0.25) is 0 Å². The first-order valence-electron chi connectivity index (χ1n) is 6.40. The number of halogens is 5. The van der Waals surface area contributed by atoms with Crippen molar-refractivity contribution in [2.45, 2.75) is 37.3 Å². The molecule has 0 saturated heterocycles. The van der Waals surface area contributed by atoms with E-state index in [-0.39, 0.29) is 5.92 Å². The van der Waals surface area contributed by atoms with Gasteiger partial charge < -0.3 is 4.74 Å². The number of alkyl halides is 5. The Morgan fingerprint density at radius 3 is 1.88 bits per heavy atom. The van der Waals surface area contributed by atoms with Crippen molar-refractivity contribution in [2.24, 2.45) is 0 Å². The van der Waals surface area contributed by atoms with Gasteiger partial charge in [0.2, 0.25) is 0 Å². The number of benzene rings is 1. The molecule has 0 spiro atoms. The molecule has 1 N–H and O–H groups in total. The van der Waals surface area contributed by atoms with E-state index in [0.29, 0.717) is 0 Å². The summed E-state index contributed by atoms with van der Waals surface area (Å²) >= 11 is 0. The second-order valence-corrected chi connectivity index (χ2v) is 6.63. The molecule has 1 aromatic carbocycles. The third-order valence-electron chi connectivity index (χ3n) is 2.98. The minimum Gasteiger partial charge on any atom is -0.441 e. The molecule has 0 aliphatic carbocycles. The quantitative estimate of drug-likeness (QED) is 0.484. The van der Waals surface area contributed by atoms with E-state index in [2.05, 4.69) is 4.74 Å². The van der Waals surface area contributed by atoms with Gasteiger partial charge in [-0.3, -0.25) is 4.55 Å². The first-order valence-corrected chi connectivity index (χ1v) is 7.84. The molecule has 0 aliphatic heterocycles. The van der Waals surface area contributed by atoms with Gasteiger partial charge in [0.1, 0.15) is 0 Å². The molecule has 136 valence electrons. The summed E-state index contributed by atoms with van der Waals surface area (Å²) in [7, 11) is -6.46. The molecule has 0 bridgehead atoms. The van der Waals surface area contributed by atoms with Crippen LogP contribution in [0.25, 0.3) is 0 Å². The zero-order valence-corrected chi connectivity index (χ0v) is 13.2. The van der Waals surface area contributed by atoms with Crippen LogP contribution in [-0.4, -0.2) is 36.5 Å². The summed E-state index contributed by atoms with van der Waals surface area (Å²) in [6, 6.07) is 4.86. The topological polar surface area (TPSA) is 80.7 Å². The highest BCUT2D eigenvalue weighted by atomic mass is 32.2. The van der Waals surface area contributed by atoms with Gasteiger partial charge in [-0.2, -0.15) is 30.4 Å². The Labute approximate surface area is 134 Å². The lowest BCUT2D eigenvalue weighted by atomic mass is 10.0. The van der Waals surface area contributed by atoms with Crippen molar-refractivity contribution in [1.82, 2.24) is 0 Å². The van der Waals surface area contributed by atoms with Crippen LogP contribution in [0.15, 0.2) is 24.3 Å². The van der Waals surface area contributed by atoms with E-state index in [1.54, 1.807) is 13.8 Å². The Kier molecular flexibility index (Phi) is 5.61. The second kappa shape index (κ2) is 6.63. The lowest BCUT2D eigenvalue weighted by Gasteiger charge is -2.26. The molecule has 24 heavy (non-hydrogen) atoms.